The van der Waals surface area contributed by atoms with E-state index in [1.54, 1.807) is 0 Å². The number of phosphoric acid groups is 1. The number of rotatable bonds is 45. The van der Waals surface area contributed by atoms with Crippen LogP contribution in [0.25, 0.3) is 0 Å². The van der Waals surface area contributed by atoms with E-state index in [-0.39, 0.29) is 13.0 Å². The molecule has 0 saturated heterocycles. The minimum atomic E-state index is -5.02. The molecular formula is C51H97O12P. The summed E-state index contributed by atoms with van der Waals surface area (Å²) < 4.78 is 34.3. The first-order chi connectivity index (χ1) is 31.0. The molecule has 6 unspecified atom stereocenters. The second-order valence-corrected chi connectivity index (χ2v) is 19.8. The van der Waals surface area contributed by atoms with Crippen LogP contribution in [-0.2, 0) is 27.9 Å². The van der Waals surface area contributed by atoms with Gasteiger partial charge >= 0.3 is 13.8 Å². The van der Waals surface area contributed by atoms with Crippen LogP contribution < -0.4 is 0 Å². The molecule has 1 saturated carbocycles. The lowest BCUT2D eigenvalue weighted by Gasteiger charge is -2.41. The standard InChI is InChI=1S/C51H97O12P/c1-3-5-7-9-11-13-15-17-19-21-22-23-25-27-29-31-33-35-37-39-41-60-42-44(43-61-64(58,59)63-51-49(56)47(54)46(53)48(55)50(51)57)62-45(52)40-38-36-34-32-30-28-26-24-20-18-16-14-12-10-8-6-4-2/h17-20,44,46-51,53-57H,3-16,21-43H2,1-2H3,(H,58,59)/b19-17-,20-18-. The van der Waals surface area contributed by atoms with Crippen LogP contribution in [0.5, 0.6) is 0 Å². The molecule has 378 valence electrons. The zero-order valence-corrected chi connectivity index (χ0v) is 41.5. The first kappa shape index (κ1) is 60.8. The Morgan fingerprint density at radius 1 is 0.484 bits per heavy atom. The fraction of sp³-hybridized carbons (Fsp3) is 0.902. The number of hydrogen-bond donors (Lipinski definition) is 6. The average molecular weight is 933 g/mol. The predicted molar refractivity (Wildman–Crippen MR) is 258 cm³/mol. The second kappa shape index (κ2) is 42.0. The fourth-order valence-corrected chi connectivity index (χ4v) is 9.08. The Bertz CT molecular complexity index is 1150. The van der Waals surface area contributed by atoms with Gasteiger partial charge in [0.25, 0.3) is 0 Å². The first-order valence-corrected chi connectivity index (χ1v) is 27.7. The number of aliphatic hydroxyl groups excluding tert-OH is 5. The molecule has 0 aromatic heterocycles. The van der Waals surface area contributed by atoms with Crippen molar-refractivity contribution in [2.45, 2.75) is 275 Å². The van der Waals surface area contributed by atoms with E-state index in [2.05, 4.69) is 38.2 Å². The molecule has 0 bridgehead atoms. The third-order valence-electron chi connectivity index (χ3n) is 12.3. The highest BCUT2D eigenvalue weighted by molar-refractivity contribution is 7.47. The van der Waals surface area contributed by atoms with Crippen LogP contribution in [0.2, 0.25) is 0 Å². The van der Waals surface area contributed by atoms with Crippen molar-refractivity contribution in [3.8, 4) is 0 Å². The molecule has 0 radical (unpaired) electrons. The van der Waals surface area contributed by atoms with Crippen molar-refractivity contribution in [3.05, 3.63) is 24.3 Å². The maximum atomic E-state index is 12.9. The van der Waals surface area contributed by atoms with Gasteiger partial charge in [-0.15, -0.1) is 0 Å². The highest BCUT2D eigenvalue weighted by Crippen LogP contribution is 2.47. The Labute approximate surface area is 390 Å². The van der Waals surface area contributed by atoms with Crippen LogP contribution >= 0.6 is 7.82 Å². The Balaban J connectivity index is 2.33. The normalized spacial score (nSPS) is 21.8. The molecule has 0 aromatic rings. The van der Waals surface area contributed by atoms with Gasteiger partial charge in [-0.25, -0.2) is 4.57 Å². The van der Waals surface area contributed by atoms with Gasteiger partial charge in [-0.3, -0.25) is 13.8 Å². The van der Waals surface area contributed by atoms with E-state index >= 15 is 0 Å². The zero-order chi connectivity index (χ0) is 46.9. The Morgan fingerprint density at radius 3 is 1.23 bits per heavy atom. The number of ether oxygens (including phenoxy) is 2. The number of esters is 1. The van der Waals surface area contributed by atoms with Crippen LogP contribution in [0.1, 0.15) is 232 Å². The summed E-state index contributed by atoms with van der Waals surface area (Å²) in [5.74, 6) is -0.479. The molecule has 12 nitrogen and oxygen atoms in total. The van der Waals surface area contributed by atoms with Gasteiger partial charge in [0.15, 0.2) is 0 Å². The number of unbranched alkanes of at least 4 members (excludes halogenated alkanes) is 29. The monoisotopic (exact) mass is 933 g/mol. The van der Waals surface area contributed by atoms with Crippen LogP contribution in [0, 0.1) is 0 Å². The first-order valence-electron chi connectivity index (χ1n) is 26.2. The summed E-state index contributed by atoms with van der Waals surface area (Å²) in [6, 6.07) is 0. The summed E-state index contributed by atoms with van der Waals surface area (Å²) in [4.78, 5) is 23.2. The molecule has 64 heavy (non-hydrogen) atoms. The van der Waals surface area contributed by atoms with Gasteiger partial charge in [0, 0.05) is 13.0 Å². The summed E-state index contributed by atoms with van der Waals surface area (Å²) in [6.45, 7) is 4.28. The van der Waals surface area contributed by atoms with Gasteiger partial charge in [0.1, 0.15) is 42.7 Å². The minimum Gasteiger partial charge on any atom is -0.457 e. The van der Waals surface area contributed by atoms with Crippen molar-refractivity contribution in [1.82, 2.24) is 0 Å². The Hall–Kier alpha value is -1.18. The van der Waals surface area contributed by atoms with Crippen LogP contribution in [0.3, 0.4) is 0 Å². The number of carbonyl (C=O) groups is 1. The number of aliphatic hydroxyl groups is 5. The smallest absolute Gasteiger partial charge is 0.457 e. The molecule has 0 spiro atoms. The van der Waals surface area contributed by atoms with E-state index in [9.17, 15) is 39.8 Å². The van der Waals surface area contributed by atoms with Gasteiger partial charge < -0.3 is 39.9 Å². The lowest BCUT2D eigenvalue weighted by atomic mass is 9.85. The largest absolute Gasteiger partial charge is 0.472 e. The predicted octanol–water partition coefficient (Wildman–Crippen LogP) is 11.7. The maximum Gasteiger partial charge on any atom is 0.472 e. The summed E-state index contributed by atoms with van der Waals surface area (Å²) in [6.07, 6.45) is 36.7. The number of allylic oxidation sites excluding steroid dienone is 4. The molecule has 0 aliphatic heterocycles. The van der Waals surface area contributed by atoms with E-state index in [1.807, 2.05) is 0 Å². The number of carbonyl (C=O) groups excluding carboxylic acids is 1. The molecule has 6 N–H and O–H groups in total. The number of hydrogen-bond acceptors (Lipinski definition) is 11. The molecule has 1 fully saturated rings. The van der Waals surface area contributed by atoms with Crippen LogP contribution in [-0.4, -0.2) is 98.9 Å². The minimum absolute atomic E-state index is 0.0762. The van der Waals surface area contributed by atoms with Crippen molar-refractivity contribution in [2.24, 2.45) is 0 Å². The molecule has 1 aliphatic carbocycles. The zero-order valence-electron chi connectivity index (χ0n) is 40.6. The summed E-state index contributed by atoms with van der Waals surface area (Å²) >= 11 is 0. The summed E-state index contributed by atoms with van der Waals surface area (Å²) in [5, 5.41) is 50.3. The fourth-order valence-electron chi connectivity index (χ4n) is 8.11. The van der Waals surface area contributed by atoms with Crippen molar-refractivity contribution >= 4 is 13.8 Å². The Kier molecular flexibility index (Phi) is 39.9. The average Bonchev–Trinajstić information content (AvgIpc) is 3.28. The third-order valence-corrected chi connectivity index (χ3v) is 13.3. The van der Waals surface area contributed by atoms with E-state index in [0.717, 1.165) is 44.9 Å². The van der Waals surface area contributed by atoms with Gasteiger partial charge in [-0.2, -0.15) is 0 Å². The molecule has 1 rings (SSSR count). The lowest BCUT2D eigenvalue weighted by Crippen LogP contribution is -2.64. The lowest BCUT2D eigenvalue weighted by molar-refractivity contribution is -0.220. The molecule has 0 amide bonds. The molecule has 0 aromatic carbocycles. The van der Waals surface area contributed by atoms with Crippen LogP contribution in [0.4, 0.5) is 0 Å². The maximum absolute atomic E-state index is 12.9. The van der Waals surface area contributed by atoms with Gasteiger partial charge in [-0.05, 0) is 64.2 Å². The highest BCUT2D eigenvalue weighted by atomic mass is 31.2. The molecular weight excluding hydrogens is 836 g/mol. The van der Waals surface area contributed by atoms with Crippen molar-refractivity contribution < 1.29 is 58.3 Å². The van der Waals surface area contributed by atoms with Gasteiger partial charge in [0.05, 0.1) is 13.2 Å². The van der Waals surface area contributed by atoms with Crippen molar-refractivity contribution in [1.29, 1.82) is 0 Å². The molecule has 1 aliphatic rings. The molecule has 0 heterocycles. The topological polar surface area (TPSA) is 192 Å². The van der Waals surface area contributed by atoms with Crippen molar-refractivity contribution in [2.75, 3.05) is 19.8 Å². The van der Waals surface area contributed by atoms with Crippen molar-refractivity contribution in [3.63, 3.8) is 0 Å². The Morgan fingerprint density at radius 2 is 0.828 bits per heavy atom. The van der Waals surface area contributed by atoms with E-state index in [0.29, 0.717) is 13.0 Å². The SMILES string of the molecule is CCCCCCCC/C=C\CCCCCCCCCCCCOCC(COP(=O)(O)OC1C(O)C(O)C(O)C(O)C1O)OC(=O)CCCCCCCCC/C=C\CCCCCCCC. The quantitative estimate of drug-likeness (QED) is 0.0147. The van der Waals surface area contributed by atoms with Gasteiger partial charge in [-0.1, -0.05) is 186 Å². The number of phosphoric ester groups is 1. The van der Waals surface area contributed by atoms with E-state index in [4.69, 9.17) is 18.5 Å². The summed E-state index contributed by atoms with van der Waals surface area (Å²) in [7, 11) is -5.02. The highest BCUT2D eigenvalue weighted by Gasteiger charge is 2.51. The molecule has 13 heteroatoms. The summed E-state index contributed by atoms with van der Waals surface area (Å²) in [5.41, 5.74) is 0. The van der Waals surface area contributed by atoms with E-state index < -0.39 is 63.1 Å². The second-order valence-electron chi connectivity index (χ2n) is 18.4. The molecule has 6 atom stereocenters. The van der Waals surface area contributed by atoms with Crippen LogP contribution in [0.15, 0.2) is 24.3 Å². The van der Waals surface area contributed by atoms with E-state index in [1.165, 1.54) is 161 Å². The third kappa shape index (κ3) is 33.3. The van der Waals surface area contributed by atoms with Gasteiger partial charge in [0.2, 0.25) is 0 Å².